The van der Waals surface area contributed by atoms with Crippen LogP contribution in [0.1, 0.15) is 26.3 Å². The van der Waals surface area contributed by atoms with Gasteiger partial charge in [-0.3, -0.25) is 9.69 Å². The van der Waals surface area contributed by atoms with Gasteiger partial charge in [0.25, 0.3) is 0 Å². The maximum Gasteiger partial charge on any atom is 0.397 e. The number of methoxy groups -OCH3 is 2. The second-order valence-electron chi connectivity index (χ2n) is 7.27. The van der Waals surface area contributed by atoms with Crippen LogP contribution in [0.3, 0.4) is 0 Å². The van der Waals surface area contributed by atoms with Crippen molar-refractivity contribution in [2.45, 2.75) is 26.3 Å². The van der Waals surface area contributed by atoms with Gasteiger partial charge in [0.1, 0.15) is 9.81 Å². The number of benzene rings is 1. The van der Waals surface area contributed by atoms with Gasteiger partial charge in [-0.25, -0.2) is 14.4 Å². The molecule has 0 atom stereocenters. The molecule has 0 fully saturated rings. The highest BCUT2D eigenvalue weighted by Gasteiger charge is 2.47. The molecular formula is C22H21NO7S3. The molecule has 1 amide bonds. The summed E-state index contributed by atoms with van der Waals surface area (Å²) in [5.41, 5.74) is 0.554. The first-order chi connectivity index (χ1) is 15.6. The Labute approximate surface area is 204 Å². The lowest BCUT2D eigenvalue weighted by Crippen LogP contribution is -2.58. The molecule has 1 aromatic rings. The zero-order chi connectivity index (χ0) is 24.5. The van der Waals surface area contributed by atoms with Gasteiger partial charge < -0.3 is 14.2 Å². The van der Waals surface area contributed by atoms with Crippen molar-refractivity contribution < 1.29 is 33.4 Å². The highest BCUT2D eigenvalue weighted by molar-refractivity contribution is 8.29. The Balaban J connectivity index is 2.20. The van der Waals surface area contributed by atoms with Crippen LogP contribution in [0.25, 0.3) is 5.57 Å². The molecule has 8 nitrogen and oxygen atoms in total. The number of thioether (sulfide) groups is 2. The molecule has 0 unspecified atom stereocenters. The van der Waals surface area contributed by atoms with Crippen LogP contribution in [0, 0.1) is 0 Å². The van der Waals surface area contributed by atoms with Gasteiger partial charge in [0.2, 0.25) is 0 Å². The maximum atomic E-state index is 13.0. The van der Waals surface area contributed by atoms with E-state index in [0.29, 0.717) is 25.9 Å². The van der Waals surface area contributed by atoms with Crippen molar-refractivity contribution in [3.63, 3.8) is 0 Å². The van der Waals surface area contributed by atoms with Crippen LogP contribution in [0.15, 0.2) is 38.3 Å². The number of hydrogen-bond donors (Lipinski definition) is 0. The fourth-order valence-electron chi connectivity index (χ4n) is 3.42. The normalized spacial score (nSPS) is 17.0. The number of anilines is 1. The van der Waals surface area contributed by atoms with Crippen LogP contribution in [0.5, 0.6) is 0 Å². The Bertz CT molecular complexity index is 1110. The molecule has 0 radical (unpaired) electrons. The summed E-state index contributed by atoms with van der Waals surface area (Å²) in [6.45, 7) is 5.13. The Morgan fingerprint density at radius 1 is 1.00 bits per heavy atom. The van der Waals surface area contributed by atoms with E-state index in [0.717, 1.165) is 23.5 Å². The van der Waals surface area contributed by atoms with E-state index in [9.17, 15) is 19.2 Å². The van der Waals surface area contributed by atoms with Gasteiger partial charge in [0.15, 0.2) is 0 Å². The number of nitrogens with zero attached hydrogens (tertiary/aromatic N) is 1. The van der Waals surface area contributed by atoms with Crippen molar-refractivity contribution in [3.8, 4) is 0 Å². The molecule has 0 saturated carbocycles. The number of hydrogen-bond acceptors (Lipinski definition) is 10. The lowest BCUT2D eigenvalue weighted by Gasteiger charge is -2.44. The fourth-order valence-corrected chi connectivity index (χ4v) is 6.45. The van der Waals surface area contributed by atoms with Gasteiger partial charge in [-0.1, -0.05) is 53.9 Å². The summed E-state index contributed by atoms with van der Waals surface area (Å²) < 4.78 is 15.2. The number of esters is 3. The second kappa shape index (κ2) is 9.70. The predicted molar refractivity (Wildman–Crippen MR) is 130 cm³/mol. The molecule has 2 aliphatic rings. The fraction of sp³-hybridized carbons (Fsp3) is 0.318. The summed E-state index contributed by atoms with van der Waals surface area (Å²) in [5, 5.41) is 0. The molecule has 2 heterocycles. The summed E-state index contributed by atoms with van der Waals surface area (Å²) in [5.74, 6) is -3.16. The second-order valence-corrected chi connectivity index (χ2v) is 9.98. The zero-order valence-electron chi connectivity index (χ0n) is 18.5. The SMILES string of the molecule is CCOC(=O)C(=O)N1c2ccccc2C(=C2SC(C(=O)OC)=C(C(=O)OC)S2)C(=S)C1(C)C. The molecular weight excluding hydrogens is 486 g/mol. The summed E-state index contributed by atoms with van der Waals surface area (Å²) in [6.07, 6.45) is 0. The number of carbonyl (C=O) groups excluding carboxylic acids is 4. The molecule has 33 heavy (non-hydrogen) atoms. The van der Waals surface area contributed by atoms with Crippen molar-refractivity contribution >= 4 is 75.7 Å². The molecule has 174 valence electrons. The molecule has 1 aromatic carbocycles. The van der Waals surface area contributed by atoms with E-state index in [4.69, 9.17) is 26.4 Å². The van der Waals surface area contributed by atoms with Gasteiger partial charge in [-0.15, -0.1) is 0 Å². The first kappa shape index (κ1) is 25.0. The largest absolute Gasteiger partial charge is 0.465 e. The maximum absolute atomic E-state index is 13.0. The smallest absolute Gasteiger partial charge is 0.397 e. The van der Waals surface area contributed by atoms with Crippen LogP contribution in [-0.4, -0.2) is 55.0 Å². The van der Waals surface area contributed by atoms with Crippen molar-refractivity contribution in [1.29, 1.82) is 0 Å². The van der Waals surface area contributed by atoms with Crippen LogP contribution < -0.4 is 4.90 Å². The predicted octanol–water partition coefficient (Wildman–Crippen LogP) is 3.45. The summed E-state index contributed by atoms with van der Waals surface area (Å²) in [7, 11) is 2.45. The Kier molecular flexibility index (Phi) is 7.35. The van der Waals surface area contributed by atoms with Gasteiger partial charge in [0.05, 0.1) is 41.2 Å². The monoisotopic (exact) mass is 507 g/mol. The number of fused-ring (bicyclic) bond motifs is 1. The van der Waals surface area contributed by atoms with E-state index in [1.807, 2.05) is 0 Å². The molecule has 3 rings (SSSR count). The van der Waals surface area contributed by atoms with Gasteiger partial charge in [-0.2, -0.15) is 0 Å². The third kappa shape index (κ3) is 4.32. The van der Waals surface area contributed by atoms with Crippen LogP contribution in [0.4, 0.5) is 5.69 Å². The lowest BCUT2D eigenvalue weighted by molar-refractivity contribution is -0.153. The molecule has 2 aliphatic heterocycles. The van der Waals surface area contributed by atoms with Crippen LogP contribution >= 0.6 is 35.7 Å². The van der Waals surface area contributed by atoms with Gasteiger partial charge in [0, 0.05) is 11.1 Å². The number of ether oxygens (including phenoxy) is 3. The Morgan fingerprint density at radius 3 is 2.06 bits per heavy atom. The minimum Gasteiger partial charge on any atom is -0.465 e. The molecule has 0 spiro atoms. The average molecular weight is 508 g/mol. The topological polar surface area (TPSA) is 99.2 Å². The Hall–Kier alpha value is -2.63. The lowest BCUT2D eigenvalue weighted by atomic mass is 9.83. The van der Waals surface area contributed by atoms with Crippen LogP contribution in [0.2, 0.25) is 0 Å². The molecule has 0 aliphatic carbocycles. The molecule has 0 N–H and O–H groups in total. The van der Waals surface area contributed by atoms with E-state index in [1.54, 1.807) is 45.0 Å². The minimum atomic E-state index is -1.09. The summed E-state index contributed by atoms with van der Waals surface area (Å²) in [6, 6.07) is 6.98. The number of rotatable bonds is 3. The molecule has 0 aromatic heterocycles. The van der Waals surface area contributed by atoms with E-state index >= 15 is 0 Å². The first-order valence-electron chi connectivity index (χ1n) is 9.76. The molecule has 0 saturated heterocycles. The summed E-state index contributed by atoms with van der Waals surface area (Å²) >= 11 is 7.92. The Morgan fingerprint density at radius 2 is 1.55 bits per heavy atom. The quantitative estimate of drug-likeness (QED) is 0.199. The highest BCUT2D eigenvalue weighted by atomic mass is 32.2. The minimum absolute atomic E-state index is 0.0613. The number of para-hydroxylation sites is 1. The van der Waals surface area contributed by atoms with Crippen molar-refractivity contribution in [1.82, 2.24) is 0 Å². The third-order valence-electron chi connectivity index (χ3n) is 4.95. The van der Waals surface area contributed by atoms with Crippen LogP contribution in [-0.2, 0) is 33.4 Å². The third-order valence-corrected chi connectivity index (χ3v) is 8.21. The van der Waals surface area contributed by atoms with Gasteiger partial charge in [-0.05, 0) is 26.8 Å². The number of thiocarbonyl (C=S) groups is 1. The van der Waals surface area contributed by atoms with E-state index < -0.39 is 29.4 Å². The highest BCUT2D eigenvalue weighted by Crippen LogP contribution is 2.56. The first-order valence-corrected chi connectivity index (χ1v) is 11.8. The van der Waals surface area contributed by atoms with E-state index in [2.05, 4.69) is 0 Å². The summed E-state index contributed by atoms with van der Waals surface area (Å²) in [4.78, 5) is 51.9. The van der Waals surface area contributed by atoms with Crippen molar-refractivity contribution in [2.75, 3.05) is 25.7 Å². The van der Waals surface area contributed by atoms with E-state index in [1.165, 1.54) is 19.1 Å². The zero-order valence-corrected chi connectivity index (χ0v) is 21.0. The standard InChI is InChI=1S/C22H21NO7S3/c1-6-30-20(27)17(24)23-12-10-8-7-9-11(12)13(16(31)22(23,2)3)21-32-14(18(25)28-4)15(33-21)19(26)29-5/h7-10H,6H2,1-5H3. The molecule has 0 bridgehead atoms. The average Bonchev–Trinajstić information content (AvgIpc) is 3.23. The number of carbonyl (C=O) groups is 4. The van der Waals surface area contributed by atoms with E-state index in [-0.39, 0.29) is 16.4 Å². The van der Waals surface area contributed by atoms with Gasteiger partial charge >= 0.3 is 23.8 Å². The van der Waals surface area contributed by atoms with Crippen molar-refractivity contribution in [3.05, 3.63) is 43.9 Å². The van der Waals surface area contributed by atoms with Crippen molar-refractivity contribution in [2.24, 2.45) is 0 Å². The molecule has 11 heteroatoms. The number of amides is 1.